The zero-order valence-electron chi connectivity index (χ0n) is 30.9. The van der Waals surface area contributed by atoms with Gasteiger partial charge < -0.3 is 45.5 Å². The minimum absolute atomic E-state index is 0.0281. The maximum Gasteiger partial charge on any atom is 0.490 e. The molecule has 0 amide bonds. The molecule has 0 radical (unpaired) electrons. The summed E-state index contributed by atoms with van der Waals surface area (Å²) in [7, 11) is -13.9. The first-order chi connectivity index (χ1) is 27.8. The highest BCUT2D eigenvalue weighted by Crippen LogP contribution is 2.67. The van der Waals surface area contributed by atoms with Gasteiger partial charge in [-0.1, -0.05) is 17.1 Å². The summed E-state index contributed by atoms with van der Waals surface area (Å²) in [5.74, 6) is 0.271. The van der Waals surface area contributed by atoms with Crippen LogP contribution < -0.4 is 31.9 Å². The molecule has 59 heavy (non-hydrogen) atoms. The van der Waals surface area contributed by atoms with Crippen LogP contribution in [0.1, 0.15) is 24.4 Å². The number of aromatic amines is 2. The van der Waals surface area contributed by atoms with E-state index in [9.17, 15) is 43.1 Å². The molecule has 0 bridgehead atoms. The number of ether oxygens (including phenoxy) is 3. The average molecular weight is 891 g/mol. The number of fused-ring (bicyclic) bond motifs is 2. The van der Waals surface area contributed by atoms with Crippen molar-refractivity contribution in [1.82, 2.24) is 39.0 Å². The summed E-state index contributed by atoms with van der Waals surface area (Å²) in [5.41, 5.74) is 11.5. The molecule has 320 valence electrons. The molecule has 6 heterocycles. The third kappa shape index (κ3) is 9.80. The van der Waals surface area contributed by atoms with Crippen molar-refractivity contribution >= 4 is 57.7 Å². The largest absolute Gasteiger partial charge is 0.497 e. The molecular weight excluding hydrogens is 851 g/mol. The van der Waals surface area contributed by atoms with Crippen molar-refractivity contribution in [2.45, 2.75) is 43.7 Å². The number of hydrogen-bond donors (Lipinski definition) is 8. The lowest BCUT2D eigenvalue weighted by atomic mass is 10.1. The van der Waals surface area contributed by atoms with Gasteiger partial charge in [0.15, 0.2) is 23.7 Å². The Hall–Kier alpha value is -4.43. The predicted molar refractivity (Wildman–Crippen MR) is 199 cm³/mol. The van der Waals surface area contributed by atoms with Gasteiger partial charge in [0.1, 0.15) is 18.1 Å². The van der Waals surface area contributed by atoms with Crippen molar-refractivity contribution < 1.29 is 69.9 Å². The number of nitrogens with one attached hydrogen (secondary N) is 2. The zero-order valence-corrected chi connectivity index (χ0v) is 33.6. The van der Waals surface area contributed by atoms with Crippen LogP contribution in [0.2, 0.25) is 0 Å². The molecule has 2 aliphatic heterocycles. The fourth-order valence-electron chi connectivity index (χ4n) is 6.59. The molecule has 0 saturated carbocycles. The molecule has 0 aliphatic carbocycles. The van der Waals surface area contributed by atoms with Crippen LogP contribution in [0.3, 0.4) is 0 Å². The number of methoxy groups -OCH3 is 1. The van der Waals surface area contributed by atoms with Gasteiger partial charge in [-0.25, -0.2) is 23.2 Å². The maximum absolute atomic E-state index is 12.9. The summed E-state index contributed by atoms with van der Waals surface area (Å²) >= 11 is 0. The van der Waals surface area contributed by atoms with Crippen LogP contribution in [0.25, 0.3) is 22.3 Å². The minimum Gasteiger partial charge on any atom is -0.497 e. The summed E-state index contributed by atoms with van der Waals surface area (Å²) in [6, 6.07) is 7.20. The second-order valence-electron chi connectivity index (χ2n) is 13.4. The Bertz CT molecular complexity index is 2620. The van der Waals surface area contributed by atoms with E-state index in [0.29, 0.717) is 12.3 Å². The molecule has 2 saturated heterocycles. The first-order valence-electron chi connectivity index (χ1n) is 17.3. The molecule has 4 aromatic heterocycles. The Morgan fingerprint density at radius 3 is 2.29 bits per heavy atom. The highest BCUT2D eigenvalue weighted by atomic mass is 31.3. The first kappa shape index (κ1) is 42.7. The maximum atomic E-state index is 12.9. The number of anilines is 2. The number of H-pyrrole nitrogens is 2. The average Bonchev–Trinajstić information content (AvgIpc) is 3.83. The smallest absolute Gasteiger partial charge is 0.490 e. The van der Waals surface area contributed by atoms with Crippen molar-refractivity contribution in [3.8, 4) is 5.75 Å². The molecule has 0 spiro atoms. The van der Waals surface area contributed by atoms with E-state index in [0.717, 1.165) is 5.56 Å². The van der Waals surface area contributed by atoms with E-state index in [1.165, 1.54) is 22.6 Å². The molecular formula is C29H39N11O16P3+. The van der Waals surface area contributed by atoms with Crippen molar-refractivity contribution in [2.75, 3.05) is 44.9 Å². The SMILES string of the molecule is COc1ccc(CN2CC([n+]3cn(C)c4c(=O)[nH]c(N)nc43)O[C@H](COP(=O)(O)OP(=O)(O)OP(=O)(O)OCC3OC(n4cnc5c(=O)[nH]c(N)nc54)C[C@@H]3O)C2)cc1. The van der Waals surface area contributed by atoms with Crippen LogP contribution in [0, 0.1) is 0 Å². The van der Waals surface area contributed by atoms with Crippen LogP contribution in [-0.2, 0) is 54.4 Å². The topological polar surface area (TPSA) is 370 Å². The van der Waals surface area contributed by atoms with Crippen molar-refractivity contribution in [3.05, 3.63) is 63.2 Å². The number of nitrogens with two attached hydrogens (primary N) is 2. The second kappa shape index (κ2) is 16.6. The number of phosphoric ester groups is 2. The molecule has 8 atom stereocenters. The number of aryl methyl sites for hydroxylation is 1. The van der Waals surface area contributed by atoms with E-state index >= 15 is 0 Å². The highest BCUT2D eigenvalue weighted by Gasteiger charge is 2.45. The van der Waals surface area contributed by atoms with Gasteiger partial charge in [0.2, 0.25) is 11.5 Å². The van der Waals surface area contributed by atoms with E-state index in [2.05, 4.69) is 33.5 Å². The van der Waals surface area contributed by atoms with E-state index in [1.807, 2.05) is 17.0 Å². The van der Waals surface area contributed by atoms with Gasteiger partial charge in [-0.2, -0.15) is 13.6 Å². The number of benzene rings is 1. The Labute approximate surface area is 330 Å². The third-order valence-electron chi connectivity index (χ3n) is 9.09. The number of aliphatic hydroxyl groups excluding tert-OH is 1. The number of aliphatic hydroxyl groups is 1. The molecule has 1 aromatic carbocycles. The second-order valence-corrected chi connectivity index (χ2v) is 18.0. The minimum atomic E-state index is -5.90. The fourth-order valence-corrected chi connectivity index (χ4v) is 10.1. The molecule has 2 fully saturated rings. The third-order valence-corrected chi connectivity index (χ3v) is 13.3. The molecule has 5 aromatic rings. The number of hydrogen-bond acceptors (Lipinski definition) is 19. The van der Waals surface area contributed by atoms with Crippen LogP contribution in [0.5, 0.6) is 5.75 Å². The monoisotopic (exact) mass is 890 g/mol. The van der Waals surface area contributed by atoms with E-state index < -0.39 is 78.6 Å². The summed E-state index contributed by atoms with van der Waals surface area (Å²) < 4.78 is 78.0. The molecule has 7 rings (SSSR count). The van der Waals surface area contributed by atoms with Crippen LogP contribution in [0.15, 0.2) is 46.5 Å². The molecule has 6 unspecified atom stereocenters. The lowest BCUT2D eigenvalue weighted by Crippen LogP contribution is -2.55. The Morgan fingerprint density at radius 1 is 0.932 bits per heavy atom. The standard InChI is InChI=1S/C29H38N11O16P3/c1-37-14-40(25-23(37)27(43)36-29(31)34-25)21-10-38(8-15-3-5-16(50-2)6-4-15)9-17(53-21)11-51-57(44,45)55-59(48,49)56-58(46,47)52-12-19-18(41)7-20(54-19)39-13-32-22-24(39)33-28(30)35-26(22)42/h3-6,13-14,17-21,41H,7-12H2,1-2H3,(H8-,30,31,33,34,35,36,42,43,44,45,46,47,48,49)/p+1/t17-,18-,19?,20?,21?/m0/s1. The molecule has 2 aliphatic rings. The fraction of sp³-hybridized carbons (Fsp3) is 0.448. The van der Waals surface area contributed by atoms with Gasteiger partial charge in [0, 0.05) is 19.5 Å². The summed E-state index contributed by atoms with van der Waals surface area (Å²) in [5, 5.41) is 10.5. The van der Waals surface area contributed by atoms with Gasteiger partial charge in [0.25, 0.3) is 17.1 Å². The molecule has 10 N–H and O–H groups in total. The normalized spacial score (nSPS) is 24.5. The van der Waals surface area contributed by atoms with Crippen molar-refractivity contribution in [2.24, 2.45) is 7.05 Å². The Morgan fingerprint density at radius 2 is 1.59 bits per heavy atom. The van der Waals surface area contributed by atoms with E-state index in [1.54, 1.807) is 30.1 Å². The number of imidazole rings is 2. The number of phosphoric acid groups is 3. The molecule has 27 nitrogen and oxygen atoms in total. The Balaban J connectivity index is 0.983. The highest BCUT2D eigenvalue weighted by molar-refractivity contribution is 7.66. The quantitative estimate of drug-likeness (QED) is 0.0474. The van der Waals surface area contributed by atoms with Crippen LogP contribution >= 0.6 is 23.5 Å². The number of nitrogen functional groups attached to an aromatic ring is 2. The molecule has 30 heteroatoms. The van der Waals surface area contributed by atoms with Gasteiger partial charge >= 0.3 is 29.1 Å². The van der Waals surface area contributed by atoms with Crippen LogP contribution in [0.4, 0.5) is 11.9 Å². The van der Waals surface area contributed by atoms with Gasteiger partial charge in [0.05, 0.1) is 52.5 Å². The Kier molecular flexibility index (Phi) is 12.0. The summed E-state index contributed by atoms with van der Waals surface area (Å²) in [6.45, 7) is -0.958. The van der Waals surface area contributed by atoms with Crippen molar-refractivity contribution in [1.29, 1.82) is 0 Å². The van der Waals surface area contributed by atoms with Gasteiger partial charge in [-0.05, 0) is 17.7 Å². The summed E-state index contributed by atoms with van der Waals surface area (Å²) in [4.78, 5) is 74.5. The van der Waals surface area contributed by atoms with Gasteiger partial charge in [-0.15, -0.1) is 0 Å². The van der Waals surface area contributed by atoms with E-state index in [4.69, 9.17) is 34.7 Å². The number of rotatable bonds is 15. The van der Waals surface area contributed by atoms with Gasteiger partial charge in [-0.3, -0.25) is 42.6 Å². The number of aromatic nitrogens is 8. The van der Waals surface area contributed by atoms with Crippen LogP contribution in [-0.4, -0.2) is 110 Å². The predicted octanol–water partition coefficient (Wildman–Crippen LogP) is -0.729. The summed E-state index contributed by atoms with van der Waals surface area (Å²) in [6.07, 6.45) is -2.93. The lowest BCUT2D eigenvalue weighted by molar-refractivity contribution is -0.747. The lowest BCUT2D eigenvalue weighted by Gasteiger charge is -2.37. The van der Waals surface area contributed by atoms with Crippen molar-refractivity contribution in [3.63, 3.8) is 0 Å². The van der Waals surface area contributed by atoms with E-state index in [-0.39, 0.29) is 53.7 Å². The zero-order chi connectivity index (χ0) is 42.4. The number of morpholine rings is 1. The number of nitrogens with zero attached hydrogens (tertiary/aromatic N) is 7. The first-order valence-corrected chi connectivity index (χ1v) is 21.8.